The molecule has 0 bridgehead atoms. The zero-order chi connectivity index (χ0) is 55.8. The predicted molar refractivity (Wildman–Crippen MR) is 292 cm³/mol. The molecular formula is C54H69N13O8. The van der Waals surface area contributed by atoms with Crippen LogP contribution in [0.3, 0.4) is 0 Å². The minimum absolute atomic E-state index is 0.0110. The molecule has 0 aliphatic carbocycles. The van der Waals surface area contributed by atoms with Gasteiger partial charge < -0.3 is 53.0 Å². The van der Waals surface area contributed by atoms with E-state index in [1.54, 1.807) is 61.8 Å². The Morgan fingerprint density at radius 2 is 1.11 bits per heavy atom. The van der Waals surface area contributed by atoms with Crippen LogP contribution in [0.25, 0.3) is 22.1 Å². The van der Waals surface area contributed by atoms with Crippen LogP contribution in [0, 0.1) is 17.8 Å². The molecule has 11 N–H and O–H groups in total. The molecule has 6 rings (SSSR count). The maximum atomic E-state index is 12.6. The van der Waals surface area contributed by atoms with Crippen LogP contribution in [0.4, 0.5) is 29.0 Å². The topological polar surface area (TPSA) is 332 Å². The third kappa shape index (κ3) is 19.0. The third-order valence-electron chi connectivity index (χ3n) is 11.2. The predicted octanol–water partition coefficient (Wildman–Crippen LogP) is 7.21. The lowest BCUT2D eigenvalue weighted by atomic mass is 9.88. The number of rotatable bonds is 18. The molecule has 75 heavy (non-hydrogen) atoms. The number of nitrogens with one attached hydrogen (secondary N) is 2. The number of carboxylic acids is 3. The van der Waals surface area contributed by atoms with E-state index in [1.165, 1.54) is 0 Å². The molecule has 0 aliphatic rings. The molecule has 2 unspecified atom stereocenters. The smallest absolute Gasteiger partial charge is 0.326 e. The molecule has 0 saturated heterocycles. The summed E-state index contributed by atoms with van der Waals surface area (Å²) in [6.07, 6.45) is 9.81. The fourth-order valence-corrected chi connectivity index (χ4v) is 7.12. The van der Waals surface area contributed by atoms with Gasteiger partial charge in [-0.15, -0.1) is 0 Å². The summed E-state index contributed by atoms with van der Waals surface area (Å²) in [5.41, 5.74) is 22.9. The Kier molecular flexibility index (Phi) is 20.6. The summed E-state index contributed by atoms with van der Waals surface area (Å²) in [6, 6.07) is 15.1. The Morgan fingerprint density at radius 3 is 1.51 bits per heavy atom. The molecule has 0 spiro atoms. The van der Waals surface area contributed by atoms with Crippen molar-refractivity contribution >= 4 is 80.7 Å². The van der Waals surface area contributed by atoms with Gasteiger partial charge in [-0.25, -0.2) is 29.5 Å². The second kappa shape index (κ2) is 26.3. The number of aromatic nitrogens is 6. The lowest BCUT2D eigenvalue weighted by Gasteiger charge is -2.22. The number of nitrogens with zero attached hydrogens (tertiary/aromatic N) is 8. The van der Waals surface area contributed by atoms with Crippen molar-refractivity contribution in [1.82, 2.24) is 40.5 Å². The number of nitrogen functional groups attached to an aromatic ring is 3. The Bertz CT molecular complexity index is 3010. The van der Waals surface area contributed by atoms with Gasteiger partial charge in [-0.05, 0) is 109 Å². The SMILES string of the molecule is C=CC=CC(C)(C)C.CN(Cc1cnc2nc(N)nc(N)c2c1)c1ccc(C(=O)NC(CCC(=O)O)C(=O)O)cc1.Cc1nc(N)c2cc(CN(C)c3ccc(C(=O)NC(CCC(C)(C)C)C(=O)O)cc3)cnc2n1. The van der Waals surface area contributed by atoms with E-state index in [0.29, 0.717) is 70.6 Å². The Balaban J connectivity index is 0.000000283. The minimum atomic E-state index is -1.29. The van der Waals surface area contributed by atoms with Crippen molar-refractivity contribution in [3.63, 3.8) is 0 Å². The number of aliphatic carboxylic acids is 3. The van der Waals surface area contributed by atoms with Gasteiger partial charge in [-0.2, -0.15) is 9.97 Å². The number of fused-ring (bicyclic) bond motifs is 2. The average molecular weight is 1030 g/mol. The van der Waals surface area contributed by atoms with Crippen molar-refractivity contribution in [3.05, 3.63) is 126 Å². The quantitative estimate of drug-likeness (QED) is 0.0394. The van der Waals surface area contributed by atoms with Gasteiger partial charge in [-0.1, -0.05) is 66.3 Å². The summed E-state index contributed by atoms with van der Waals surface area (Å²) in [5, 5.41) is 33.7. The van der Waals surface area contributed by atoms with Gasteiger partial charge in [0.15, 0.2) is 11.3 Å². The van der Waals surface area contributed by atoms with Crippen molar-refractivity contribution in [2.75, 3.05) is 41.1 Å². The molecule has 398 valence electrons. The number of hydrogen-bond donors (Lipinski definition) is 8. The van der Waals surface area contributed by atoms with Gasteiger partial charge in [-0.3, -0.25) is 14.4 Å². The monoisotopic (exact) mass is 1030 g/mol. The molecule has 21 nitrogen and oxygen atoms in total. The van der Waals surface area contributed by atoms with Crippen LogP contribution in [-0.2, 0) is 27.5 Å². The van der Waals surface area contributed by atoms with E-state index in [2.05, 4.69) is 74.0 Å². The molecule has 2 amide bonds. The highest BCUT2D eigenvalue weighted by molar-refractivity contribution is 5.98. The van der Waals surface area contributed by atoms with Crippen molar-refractivity contribution < 1.29 is 39.3 Å². The summed E-state index contributed by atoms with van der Waals surface area (Å²) in [6.45, 7) is 19.0. The summed E-state index contributed by atoms with van der Waals surface area (Å²) < 4.78 is 0. The fraction of sp³-hybridized carbons (Fsp3) is 0.352. The van der Waals surface area contributed by atoms with Crippen LogP contribution < -0.4 is 37.6 Å². The number of nitrogens with two attached hydrogens (primary N) is 3. The molecule has 2 aromatic carbocycles. The molecule has 4 heterocycles. The van der Waals surface area contributed by atoms with Crippen LogP contribution in [-0.4, -0.2) is 101 Å². The number of benzene rings is 2. The fourth-order valence-electron chi connectivity index (χ4n) is 7.12. The number of aryl methyl sites for hydroxylation is 1. The van der Waals surface area contributed by atoms with Crippen molar-refractivity contribution in [2.45, 2.75) is 99.3 Å². The summed E-state index contributed by atoms with van der Waals surface area (Å²) in [5.74, 6) is -3.18. The second-order valence-electron chi connectivity index (χ2n) is 20.1. The Morgan fingerprint density at radius 1 is 0.667 bits per heavy atom. The van der Waals surface area contributed by atoms with Crippen molar-refractivity contribution in [2.24, 2.45) is 10.8 Å². The minimum Gasteiger partial charge on any atom is -0.481 e. The summed E-state index contributed by atoms with van der Waals surface area (Å²) >= 11 is 0. The van der Waals surface area contributed by atoms with Gasteiger partial charge in [0, 0.05) is 68.5 Å². The Labute approximate surface area is 436 Å². The molecule has 0 saturated carbocycles. The maximum absolute atomic E-state index is 12.6. The van der Waals surface area contributed by atoms with Crippen molar-refractivity contribution in [1.29, 1.82) is 0 Å². The second-order valence-corrected chi connectivity index (χ2v) is 20.1. The molecule has 0 fully saturated rings. The molecule has 0 aliphatic heterocycles. The average Bonchev–Trinajstić information content (AvgIpc) is 3.33. The highest BCUT2D eigenvalue weighted by atomic mass is 16.4. The summed E-state index contributed by atoms with van der Waals surface area (Å²) in [4.78, 5) is 87.6. The van der Waals surface area contributed by atoms with Crippen LogP contribution in [0.1, 0.15) is 105 Å². The van der Waals surface area contributed by atoms with Crippen LogP contribution in [0.5, 0.6) is 0 Å². The first-order valence-corrected chi connectivity index (χ1v) is 23.9. The first-order chi connectivity index (χ1) is 35.1. The molecule has 4 aromatic heterocycles. The number of allylic oxidation sites excluding steroid dienone is 3. The molecule has 0 radical (unpaired) electrons. The first kappa shape index (κ1) is 58.8. The Hall–Kier alpha value is -8.75. The van der Waals surface area contributed by atoms with E-state index in [4.69, 9.17) is 22.3 Å². The van der Waals surface area contributed by atoms with Gasteiger partial charge in [0.25, 0.3) is 11.8 Å². The number of hydrogen-bond acceptors (Lipinski definition) is 16. The number of anilines is 5. The van der Waals surface area contributed by atoms with Gasteiger partial charge in [0.05, 0.1) is 10.8 Å². The van der Waals surface area contributed by atoms with E-state index in [9.17, 15) is 34.2 Å². The normalized spacial score (nSPS) is 12.1. The largest absolute Gasteiger partial charge is 0.481 e. The number of carbonyl (C=O) groups is 5. The molecular weight excluding hydrogens is 959 g/mol. The number of carboxylic acid groups (broad SMARTS) is 3. The van der Waals surface area contributed by atoms with E-state index in [0.717, 1.165) is 22.5 Å². The van der Waals surface area contributed by atoms with Gasteiger partial charge >= 0.3 is 17.9 Å². The first-order valence-electron chi connectivity index (χ1n) is 23.9. The molecule has 21 heteroatoms. The lowest BCUT2D eigenvalue weighted by molar-refractivity contribution is -0.141. The maximum Gasteiger partial charge on any atom is 0.326 e. The van der Waals surface area contributed by atoms with Crippen molar-refractivity contribution in [3.8, 4) is 0 Å². The molecule has 2 atom stereocenters. The van der Waals surface area contributed by atoms with Gasteiger partial charge in [0.2, 0.25) is 5.95 Å². The third-order valence-corrected chi connectivity index (χ3v) is 11.2. The standard InChI is InChI=1S/C25H32N6O3.C21H23N7O5.C8H14/c1-15-28-21(26)19-12-16(13-27-22(19)29-15)14-31(5)18-8-6-17(7-9-18)23(32)30-20(24(33)34)10-11-25(2,3)4;1-28(10-11-8-14-17(22)26-21(23)27-18(14)24-9-11)13-4-2-12(3-5-13)19(31)25-15(20(32)33)6-7-16(29)30;1-5-6-7-8(2,3)4/h6-9,12-13,20H,10-11,14H2,1-5H3,(H,30,32)(H,33,34)(H2,26,27,28,29);2-5,8-9,15H,6-7,10H2,1H3,(H,25,31)(H,29,30)(H,32,33)(H4,22,23,24,26,27);5-7H,1H2,2-4H3. The number of pyridine rings is 2. The highest BCUT2D eigenvalue weighted by Crippen LogP contribution is 2.25. The lowest BCUT2D eigenvalue weighted by Crippen LogP contribution is -2.41. The van der Waals surface area contributed by atoms with E-state index in [1.807, 2.05) is 75.0 Å². The van der Waals surface area contributed by atoms with E-state index >= 15 is 0 Å². The van der Waals surface area contributed by atoms with Crippen LogP contribution in [0.2, 0.25) is 0 Å². The van der Waals surface area contributed by atoms with Gasteiger partial charge in [0.1, 0.15) is 29.5 Å². The number of carbonyl (C=O) groups excluding carboxylic acids is 2. The zero-order valence-electron chi connectivity index (χ0n) is 44.0. The summed E-state index contributed by atoms with van der Waals surface area (Å²) in [7, 11) is 3.79. The number of amides is 2. The highest BCUT2D eigenvalue weighted by Gasteiger charge is 2.24. The zero-order valence-corrected chi connectivity index (χ0v) is 44.0. The van der Waals surface area contributed by atoms with E-state index in [-0.39, 0.29) is 35.6 Å². The van der Waals surface area contributed by atoms with Crippen LogP contribution in [0.15, 0.2) is 97.9 Å². The van der Waals surface area contributed by atoms with Crippen LogP contribution >= 0.6 is 0 Å². The van der Waals surface area contributed by atoms with E-state index < -0.39 is 41.8 Å². The molecule has 6 aromatic rings.